The molecule has 2 heterocycles. The highest BCUT2D eigenvalue weighted by molar-refractivity contribution is 5.48. The van der Waals surface area contributed by atoms with Crippen molar-refractivity contribution in [2.75, 3.05) is 18.5 Å². The largest absolute Gasteiger partial charge is 0.494 e. The Morgan fingerprint density at radius 1 is 1.35 bits per heavy atom. The molecule has 20 heavy (non-hydrogen) atoms. The number of ether oxygens (including phenoxy) is 1. The van der Waals surface area contributed by atoms with E-state index in [1.807, 2.05) is 25.3 Å². The molecule has 0 aliphatic carbocycles. The first kappa shape index (κ1) is 13.0. The van der Waals surface area contributed by atoms with Crippen molar-refractivity contribution in [1.29, 1.82) is 0 Å². The Labute approximate surface area is 119 Å². The standard InChI is InChI=1S/C16H21N3O/c1-3-12-11-18-19-14(9-10-17-16(12)19)13-7-5-6-8-15(13)20-4-2/h5-8,11,14,17H,3-4,9-10H2,1-2H3. The third kappa shape index (κ3) is 2.15. The van der Waals surface area contributed by atoms with E-state index < -0.39 is 0 Å². The van der Waals surface area contributed by atoms with Gasteiger partial charge in [0.2, 0.25) is 0 Å². The molecule has 4 heteroatoms. The van der Waals surface area contributed by atoms with E-state index >= 15 is 0 Å². The summed E-state index contributed by atoms with van der Waals surface area (Å²) in [4.78, 5) is 0. The van der Waals surface area contributed by atoms with Crippen molar-refractivity contribution >= 4 is 5.82 Å². The van der Waals surface area contributed by atoms with Crippen molar-refractivity contribution in [2.24, 2.45) is 0 Å². The molecule has 1 aliphatic rings. The molecule has 1 aromatic heterocycles. The van der Waals surface area contributed by atoms with E-state index in [2.05, 4.69) is 34.2 Å². The third-order valence-corrected chi connectivity index (χ3v) is 3.84. The zero-order valence-electron chi connectivity index (χ0n) is 12.1. The number of para-hydroxylation sites is 1. The number of rotatable bonds is 4. The van der Waals surface area contributed by atoms with Gasteiger partial charge in [-0.2, -0.15) is 5.10 Å². The van der Waals surface area contributed by atoms with E-state index in [4.69, 9.17) is 4.74 Å². The summed E-state index contributed by atoms with van der Waals surface area (Å²) in [6.45, 7) is 5.85. The SMILES string of the molecule is CCOc1ccccc1C1CCNc2c(CC)cnn21. The Morgan fingerprint density at radius 3 is 3.00 bits per heavy atom. The van der Waals surface area contributed by atoms with E-state index in [-0.39, 0.29) is 6.04 Å². The van der Waals surface area contributed by atoms with Crippen molar-refractivity contribution in [3.63, 3.8) is 0 Å². The maximum Gasteiger partial charge on any atom is 0.128 e. The Kier molecular flexibility index (Phi) is 3.63. The molecule has 0 bridgehead atoms. The molecule has 106 valence electrons. The number of hydrogen-bond acceptors (Lipinski definition) is 3. The number of anilines is 1. The summed E-state index contributed by atoms with van der Waals surface area (Å²) in [5, 5.41) is 8.06. The molecule has 1 aliphatic heterocycles. The molecular weight excluding hydrogens is 250 g/mol. The lowest BCUT2D eigenvalue weighted by molar-refractivity contribution is 0.328. The molecule has 0 fully saturated rings. The molecule has 0 amide bonds. The highest BCUT2D eigenvalue weighted by atomic mass is 16.5. The molecule has 0 saturated carbocycles. The first-order valence-corrected chi connectivity index (χ1v) is 7.37. The maximum absolute atomic E-state index is 5.78. The molecule has 1 atom stereocenters. The fourth-order valence-corrected chi connectivity index (χ4v) is 2.87. The quantitative estimate of drug-likeness (QED) is 0.927. The van der Waals surface area contributed by atoms with Crippen LogP contribution in [0.15, 0.2) is 30.5 Å². The predicted octanol–water partition coefficient (Wildman–Crippen LogP) is 3.25. The summed E-state index contributed by atoms with van der Waals surface area (Å²) in [6.07, 6.45) is 4.01. The van der Waals surface area contributed by atoms with E-state index in [1.165, 1.54) is 11.1 Å². The summed E-state index contributed by atoms with van der Waals surface area (Å²) in [5.74, 6) is 2.14. The summed E-state index contributed by atoms with van der Waals surface area (Å²) in [5.41, 5.74) is 2.51. The first-order valence-electron chi connectivity index (χ1n) is 7.37. The van der Waals surface area contributed by atoms with Gasteiger partial charge in [0.05, 0.1) is 18.8 Å². The Hall–Kier alpha value is -1.97. The predicted molar refractivity (Wildman–Crippen MR) is 80.5 cm³/mol. The minimum Gasteiger partial charge on any atom is -0.494 e. The Balaban J connectivity index is 2.02. The van der Waals surface area contributed by atoms with Crippen LogP contribution in [0.2, 0.25) is 0 Å². The van der Waals surface area contributed by atoms with Crippen molar-refractivity contribution in [3.8, 4) is 5.75 Å². The molecular formula is C16H21N3O. The lowest BCUT2D eigenvalue weighted by atomic mass is 10.0. The van der Waals surface area contributed by atoms with Gasteiger partial charge in [-0.15, -0.1) is 0 Å². The Morgan fingerprint density at radius 2 is 2.20 bits per heavy atom. The van der Waals surface area contributed by atoms with Crippen LogP contribution in [0.25, 0.3) is 0 Å². The minimum atomic E-state index is 0.259. The molecule has 1 aromatic carbocycles. The van der Waals surface area contributed by atoms with Gasteiger partial charge in [0, 0.05) is 17.7 Å². The van der Waals surface area contributed by atoms with Gasteiger partial charge in [-0.05, 0) is 25.8 Å². The van der Waals surface area contributed by atoms with E-state index in [0.29, 0.717) is 6.61 Å². The van der Waals surface area contributed by atoms with Crippen molar-refractivity contribution in [1.82, 2.24) is 9.78 Å². The van der Waals surface area contributed by atoms with Gasteiger partial charge in [-0.1, -0.05) is 25.1 Å². The van der Waals surface area contributed by atoms with Crippen molar-refractivity contribution < 1.29 is 4.74 Å². The molecule has 1 N–H and O–H groups in total. The average molecular weight is 271 g/mol. The van der Waals surface area contributed by atoms with E-state index in [9.17, 15) is 0 Å². The van der Waals surface area contributed by atoms with Crippen LogP contribution >= 0.6 is 0 Å². The smallest absolute Gasteiger partial charge is 0.128 e. The van der Waals surface area contributed by atoms with Crippen LogP contribution in [0.4, 0.5) is 5.82 Å². The molecule has 0 radical (unpaired) electrons. The maximum atomic E-state index is 5.78. The number of nitrogens with zero attached hydrogens (tertiary/aromatic N) is 2. The summed E-state index contributed by atoms with van der Waals surface area (Å²) in [7, 11) is 0. The minimum absolute atomic E-state index is 0.259. The summed E-state index contributed by atoms with van der Waals surface area (Å²) in [6, 6.07) is 8.55. The van der Waals surface area contributed by atoms with E-state index in [0.717, 1.165) is 31.0 Å². The average Bonchev–Trinajstić information content (AvgIpc) is 2.91. The number of aromatic nitrogens is 2. The fraction of sp³-hybridized carbons (Fsp3) is 0.438. The number of fused-ring (bicyclic) bond motifs is 1. The summed E-state index contributed by atoms with van der Waals surface area (Å²) >= 11 is 0. The number of aryl methyl sites for hydroxylation is 1. The van der Waals surface area contributed by atoms with Crippen LogP contribution in [0.1, 0.15) is 37.4 Å². The second-order valence-electron chi connectivity index (χ2n) is 5.02. The topological polar surface area (TPSA) is 39.1 Å². The summed E-state index contributed by atoms with van der Waals surface area (Å²) < 4.78 is 7.89. The van der Waals surface area contributed by atoms with Crippen molar-refractivity contribution in [2.45, 2.75) is 32.7 Å². The van der Waals surface area contributed by atoms with Gasteiger partial charge in [0.15, 0.2) is 0 Å². The molecule has 0 saturated heterocycles. The van der Waals surface area contributed by atoms with Crippen LogP contribution in [-0.2, 0) is 6.42 Å². The second kappa shape index (κ2) is 5.57. The zero-order valence-corrected chi connectivity index (χ0v) is 12.1. The zero-order chi connectivity index (χ0) is 13.9. The van der Waals surface area contributed by atoms with Gasteiger partial charge in [-0.3, -0.25) is 0 Å². The highest BCUT2D eigenvalue weighted by Gasteiger charge is 2.25. The molecule has 0 spiro atoms. The van der Waals surface area contributed by atoms with Gasteiger partial charge in [0.1, 0.15) is 11.6 Å². The monoisotopic (exact) mass is 271 g/mol. The van der Waals surface area contributed by atoms with Crippen molar-refractivity contribution in [3.05, 3.63) is 41.6 Å². The van der Waals surface area contributed by atoms with Gasteiger partial charge in [0.25, 0.3) is 0 Å². The van der Waals surface area contributed by atoms with Crippen LogP contribution in [0.3, 0.4) is 0 Å². The Bertz CT molecular complexity index is 591. The number of nitrogens with one attached hydrogen (secondary N) is 1. The fourth-order valence-electron chi connectivity index (χ4n) is 2.87. The van der Waals surface area contributed by atoms with Gasteiger partial charge < -0.3 is 10.1 Å². The second-order valence-corrected chi connectivity index (χ2v) is 5.02. The van der Waals surface area contributed by atoms with Crippen LogP contribution in [0.5, 0.6) is 5.75 Å². The first-order chi connectivity index (χ1) is 9.85. The molecule has 1 unspecified atom stereocenters. The van der Waals surface area contributed by atoms with Gasteiger partial charge >= 0.3 is 0 Å². The van der Waals surface area contributed by atoms with E-state index in [1.54, 1.807) is 0 Å². The lowest BCUT2D eigenvalue weighted by Crippen LogP contribution is -2.25. The molecule has 3 rings (SSSR count). The molecule has 2 aromatic rings. The van der Waals surface area contributed by atoms with Crippen LogP contribution in [0, 0.1) is 0 Å². The normalized spacial score (nSPS) is 17.4. The molecule has 4 nitrogen and oxygen atoms in total. The van der Waals surface area contributed by atoms with Crippen LogP contribution < -0.4 is 10.1 Å². The lowest BCUT2D eigenvalue weighted by Gasteiger charge is -2.28. The third-order valence-electron chi connectivity index (χ3n) is 3.84. The van der Waals surface area contributed by atoms with Crippen LogP contribution in [-0.4, -0.2) is 22.9 Å². The highest BCUT2D eigenvalue weighted by Crippen LogP contribution is 2.35. The number of benzene rings is 1. The van der Waals surface area contributed by atoms with Gasteiger partial charge in [-0.25, -0.2) is 4.68 Å². The number of hydrogen-bond donors (Lipinski definition) is 1.